The third kappa shape index (κ3) is 9.21. The van der Waals surface area contributed by atoms with Crippen molar-refractivity contribution in [2.24, 2.45) is 10.1 Å². The molecule has 1 aliphatic rings. The van der Waals surface area contributed by atoms with E-state index in [1.807, 2.05) is 12.1 Å². The first kappa shape index (κ1) is 41.0. The van der Waals surface area contributed by atoms with Crippen molar-refractivity contribution in [2.75, 3.05) is 16.9 Å². The van der Waals surface area contributed by atoms with Gasteiger partial charge >= 0.3 is 6.09 Å². The SMILES string of the molecule is CCC(C)(C)c1ccc(OCC(=O)Nc2cccc(C(=O)NC3=NN(c4c(Cl)cc(Cl)cc4Cl)C(=O)C3n3cccc/c3=N\C(=O)O)c2)c(C(C)(C)CC)c1. The summed E-state index contributed by atoms with van der Waals surface area (Å²) in [7, 11) is 0. The van der Waals surface area contributed by atoms with Gasteiger partial charge in [0.2, 0.25) is 0 Å². The van der Waals surface area contributed by atoms with Crippen LogP contribution in [0.5, 0.6) is 5.75 Å². The predicted molar refractivity (Wildman–Crippen MR) is 215 cm³/mol. The Hall–Kier alpha value is -5.17. The fourth-order valence-corrected chi connectivity index (χ4v) is 6.79. The number of halogens is 3. The molecule has 1 aliphatic heterocycles. The van der Waals surface area contributed by atoms with Crippen LogP contribution in [0.4, 0.5) is 16.2 Å². The number of pyridine rings is 1. The molecule has 0 saturated heterocycles. The van der Waals surface area contributed by atoms with E-state index in [0.717, 1.165) is 23.4 Å². The highest BCUT2D eigenvalue weighted by atomic mass is 35.5. The zero-order chi connectivity index (χ0) is 40.2. The van der Waals surface area contributed by atoms with Gasteiger partial charge in [-0.05, 0) is 77.8 Å². The van der Waals surface area contributed by atoms with E-state index in [9.17, 15) is 24.3 Å². The molecule has 12 nitrogen and oxygen atoms in total. The summed E-state index contributed by atoms with van der Waals surface area (Å²) in [5, 5.41) is 20.4. The Morgan fingerprint density at radius 3 is 2.24 bits per heavy atom. The number of carboxylic acid groups (broad SMARTS) is 1. The molecule has 2 heterocycles. The van der Waals surface area contributed by atoms with Crippen molar-refractivity contribution in [1.82, 2.24) is 9.88 Å². The van der Waals surface area contributed by atoms with E-state index in [0.29, 0.717) is 11.4 Å². The number of hydrogen-bond donors (Lipinski definition) is 3. The molecule has 0 spiro atoms. The minimum Gasteiger partial charge on any atom is -0.483 e. The normalized spacial score (nSPS) is 14.8. The lowest BCUT2D eigenvalue weighted by molar-refractivity contribution is -0.119. The summed E-state index contributed by atoms with van der Waals surface area (Å²) in [6, 6.07) is 18.1. The fraction of sp³-hybridized carbons (Fsp3) is 0.300. The molecule has 5 rings (SSSR count). The van der Waals surface area contributed by atoms with Crippen molar-refractivity contribution in [1.29, 1.82) is 0 Å². The minimum absolute atomic E-state index is 0.00159. The number of aromatic nitrogens is 1. The summed E-state index contributed by atoms with van der Waals surface area (Å²) in [6.07, 6.45) is 1.75. The van der Waals surface area contributed by atoms with Gasteiger partial charge in [0.05, 0.1) is 10.0 Å². The van der Waals surface area contributed by atoms with Gasteiger partial charge in [0.1, 0.15) is 16.9 Å². The second-order valence-corrected chi connectivity index (χ2v) is 15.4. The van der Waals surface area contributed by atoms with Crippen molar-refractivity contribution in [3.05, 3.63) is 116 Å². The minimum atomic E-state index is -1.50. The maximum atomic E-state index is 14.0. The monoisotopic (exact) mass is 806 g/mol. The summed E-state index contributed by atoms with van der Waals surface area (Å²) in [4.78, 5) is 56.0. The molecular weight excluding hydrogens is 767 g/mol. The molecule has 4 aromatic rings. The molecule has 288 valence electrons. The summed E-state index contributed by atoms with van der Waals surface area (Å²) < 4.78 is 7.32. The van der Waals surface area contributed by atoms with Crippen LogP contribution in [-0.2, 0) is 20.4 Å². The van der Waals surface area contributed by atoms with Crippen molar-refractivity contribution < 1.29 is 29.0 Å². The Balaban J connectivity index is 1.39. The van der Waals surface area contributed by atoms with Gasteiger partial charge in [-0.15, -0.1) is 5.10 Å². The van der Waals surface area contributed by atoms with Crippen molar-refractivity contribution in [2.45, 2.75) is 71.3 Å². The average molecular weight is 808 g/mol. The molecular formula is C40H41Cl3N6O6. The third-order valence-electron chi connectivity index (χ3n) is 9.73. The van der Waals surface area contributed by atoms with Crippen LogP contribution in [0.15, 0.2) is 89.1 Å². The molecule has 1 atom stereocenters. The Morgan fingerprint density at radius 1 is 0.891 bits per heavy atom. The number of ether oxygens (including phenoxy) is 1. The molecule has 55 heavy (non-hydrogen) atoms. The second-order valence-electron chi connectivity index (χ2n) is 14.2. The van der Waals surface area contributed by atoms with E-state index < -0.39 is 29.9 Å². The van der Waals surface area contributed by atoms with Gasteiger partial charge in [-0.3, -0.25) is 14.4 Å². The number of rotatable bonds is 11. The summed E-state index contributed by atoms with van der Waals surface area (Å²) in [5.74, 6) is -1.41. The van der Waals surface area contributed by atoms with Crippen LogP contribution >= 0.6 is 34.8 Å². The van der Waals surface area contributed by atoms with Gasteiger partial charge in [-0.1, -0.05) is 101 Å². The summed E-state index contributed by atoms with van der Waals surface area (Å²) >= 11 is 19.0. The number of amides is 4. The van der Waals surface area contributed by atoms with Crippen molar-refractivity contribution in [3.8, 4) is 5.75 Å². The third-order valence-corrected chi connectivity index (χ3v) is 10.5. The Bertz CT molecular complexity index is 2240. The predicted octanol–water partition coefficient (Wildman–Crippen LogP) is 8.75. The van der Waals surface area contributed by atoms with Crippen LogP contribution in [0.3, 0.4) is 0 Å². The van der Waals surface area contributed by atoms with E-state index in [1.165, 1.54) is 52.7 Å². The summed E-state index contributed by atoms with van der Waals surface area (Å²) in [6.45, 7) is 12.7. The van der Waals surface area contributed by atoms with E-state index in [4.69, 9.17) is 39.5 Å². The Morgan fingerprint density at radius 2 is 1.58 bits per heavy atom. The number of hydrazone groups is 1. The highest BCUT2D eigenvalue weighted by molar-refractivity contribution is 6.43. The molecule has 1 aromatic heterocycles. The van der Waals surface area contributed by atoms with Gasteiger partial charge in [-0.2, -0.15) is 10.0 Å². The Kier molecular flexibility index (Phi) is 12.4. The standard InChI is InChI=1S/C40H41Cl3N6O6/c1-7-39(3,4)24-15-16-30(27(19-24)40(5,6)8-2)55-22-32(50)44-26-13-11-12-23(18-26)36(51)46-35-34(48-17-10-9-14-31(48)45-38(53)54)37(52)49(47-35)33-28(42)20-25(41)21-29(33)43/h9-21,34H,7-8,22H2,1-6H3,(H,44,50)(H,53,54)(H,46,47,51)/b45-31+. The van der Waals surface area contributed by atoms with E-state index >= 15 is 0 Å². The Labute approximate surface area is 333 Å². The zero-order valence-corrected chi connectivity index (χ0v) is 33.4. The number of carbonyl (C=O) groups excluding carboxylic acids is 3. The zero-order valence-electron chi connectivity index (χ0n) is 31.1. The molecule has 1 unspecified atom stereocenters. The lowest BCUT2D eigenvalue weighted by Gasteiger charge is -2.30. The first-order valence-corrected chi connectivity index (χ1v) is 18.6. The van der Waals surface area contributed by atoms with Gasteiger partial charge in [0.25, 0.3) is 17.7 Å². The van der Waals surface area contributed by atoms with Gasteiger partial charge in [-0.25, -0.2) is 4.79 Å². The number of benzene rings is 3. The molecule has 0 bridgehead atoms. The van der Waals surface area contributed by atoms with Gasteiger partial charge in [0.15, 0.2) is 18.5 Å². The van der Waals surface area contributed by atoms with Gasteiger partial charge in [0, 0.05) is 28.0 Å². The lowest BCUT2D eigenvalue weighted by atomic mass is 9.76. The van der Waals surface area contributed by atoms with Crippen LogP contribution in [-0.4, -0.2) is 45.9 Å². The van der Waals surface area contributed by atoms with Crippen molar-refractivity contribution >= 4 is 75.8 Å². The molecule has 4 amide bonds. The van der Waals surface area contributed by atoms with Crippen LogP contribution in [0.2, 0.25) is 15.1 Å². The van der Waals surface area contributed by atoms with E-state index in [1.54, 1.807) is 18.2 Å². The lowest BCUT2D eigenvalue weighted by Crippen LogP contribution is -2.42. The number of amidine groups is 1. The topological polar surface area (TPSA) is 155 Å². The second kappa shape index (κ2) is 16.7. The molecule has 0 fully saturated rings. The molecule has 0 saturated carbocycles. The number of carbonyl (C=O) groups is 4. The number of nitrogens with zero attached hydrogens (tertiary/aromatic N) is 4. The summed E-state index contributed by atoms with van der Waals surface area (Å²) in [5.41, 5.74) is 2.31. The molecule has 3 aromatic carbocycles. The molecule has 0 aliphatic carbocycles. The van der Waals surface area contributed by atoms with Gasteiger partial charge < -0.3 is 25.0 Å². The van der Waals surface area contributed by atoms with Crippen LogP contribution in [0.1, 0.15) is 81.9 Å². The quantitative estimate of drug-likeness (QED) is 0.138. The molecule has 0 radical (unpaired) electrons. The number of anilines is 2. The smallest absolute Gasteiger partial charge is 0.433 e. The largest absolute Gasteiger partial charge is 0.483 e. The van der Waals surface area contributed by atoms with Crippen LogP contribution in [0.25, 0.3) is 0 Å². The molecule has 3 N–H and O–H groups in total. The highest BCUT2D eigenvalue weighted by Gasteiger charge is 2.41. The fourth-order valence-electron chi connectivity index (χ4n) is 5.81. The molecule has 15 heteroatoms. The van der Waals surface area contributed by atoms with Crippen molar-refractivity contribution in [3.63, 3.8) is 0 Å². The average Bonchev–Trinajstić information content (AvgIpc) is 3.44. The maximum Gasteiger partial charge on any atom is 0.433 e. The first-order chi connectivity index (χ1) is 25.9. The van der Waals surface area contributed by atoms with Crippen LogP contribution < -0.4 is 25.9 Å². The van der Waals surface area contributed by atoms with E-state index in [2.05, 4.69) is 68.3 Å². The number of nitrogens with one attached hydrogen (secondary N) is 2. The van der Waals surface area contributed by atoms with E-state index in [-0.39, 0.29) is 55.1 Å². The maximum absolute atomic E-state index is 14.0. The van der Waals surface area contributed by atoms with Crippen LogP contribution in [0, 0.1) is 0 Å². The highest BCUT2D eigenvalue weighted by Crippen LogP contribution is 2.40. The first-order valence-electron chi connectivity index (χ1n) is 17.5. The number of hydrogen-bond acceptors (Lipinski definition) is 6.